The summed E-state index contributed by atoms with van der Waals surface area (Å²) in [6.45, 7) is 2.87. The van der Waals surface area contributed by atoms with Crippen molar-refractivity contribution >= 4 is 10.9 Å². The monoisotopic (exact) mass is 188 g/mol. The van der Waals surface area contributed by atoms with E-state index in [-0.39, 0.29) is 0 Å². The number of rotatable bonds is 2. The maximum absolute atomic E-state index is 5.70. The molecule has 1 unspecified atom stereocenters. The summed E-state index contributed by atoms with van der Waals surface area (Å²) in [5.74, 6) is 0.432. The van der Waals surface area contributed by atoms with Gasteiger partial charge in [0.05, 0.1) is 0 Å². The second kappa shape index (κ2) is 3.46. The first kappa shape index (κ1) is 9.28. The topological polar surface area (TPSA) is 30.9 Å². The third-order valence-electron chi connectivity index (χ3n) is 2.85. The van der Waals surface area contributed by atoms with Crippen LogP contribution in [0.15, 0.2) is 30.5 Å². The molecule has 2 heteroatoms. The molecule has 2 nitrogen and oxygen atoms in total. The Morgan fingerprint density at radius 2 is 2.14 bits per heavy atom. The molecule has 0 fully saturated rings. The van der Waals surface area contributed by atoms with Crippen LogP contribution in [0, 0.1) is 0 Å². The first-order valence-electron chi connectivity index (χ1n) is 4.98. The maximum Gasteiger partial charge on any atom is 0.0480 e. The van der Waals surface area contributed by atoms with Crippen LogP contribution >= 0.6 is 0 Å². The van der Waals surface area contributed by atoms with E-state index in [0.29, 0.717) is 12.5 Å². The minimum absolute atomic E-state index is 0.432. The standard InChI is InChI=1S/C12H16N2/c1-9(8-13)10-4-3-5-12-11(10)6-7-14(12)2/h3-7,9H,8,13H2,1-2H3. The Balaban J connectivity index is 2.65. The summed E-state index contributed by atoms with van der Waals surface area (Å²) in [5.41, 5.74) is 8.33. The molecule has 2 aromatic rings. The van der Waals surface area contributed by atoms with E-state index >= 15 is 0 Å². The molecule has 0 saturated heterocycles. The first-order chi connectivity index (χ1) is 6.74. The van der Waals surface area contributed by atoms with E-state index in [2.05, 4.69) is 49.0 Å². The van der Waals surface area contributed by atoms with Crippen LogP contribution in [0.4, 0.5) is 0 Å². The van der Waals surface area contributed by atoms with E-state index in [0.717, 1.165) is 0 Å². The summed E-state index contributed by atoms with van der Waals surface area (Å²) in [6, 6.07) is 8.57. The molecule has 0 amide bonds. The maximum atomic E-state index is 5.70. The molecule has 2 N–H and O–H groups in total. The Kier molecular flexibility index (Phi) is 2.30. The van der Waals surface area contributed by atoms with Crippen molar-refractivity contribution in [2.75, 3.05) is 6.54 Å². The summed E-state index contributed by atoms with van der Waals surface area (Å²) in [5, 5.41) is 1.33. The van der Waals surface area contributed by atoms with Crippen LogP contribution in [0.25, 0.3) is 10.9 Å². The van der Waals surface area contributed by atoms with Gasteiger partial charge in [-0.25, -0.2) is 0 Å². The lowest BCUT2D eigenvalue weighted by molar-refractivity contribution is 0.781. The van der Waals surface area contributed by atoms with Gasteiger partial charge in [-0.15, -0.1) is 0 Å². The average Bonchev–Trinajstić information content (AvgIpc) is 2.59. The highest BCUT2D eigenvalue weighted by Crippen LogP contribution is 2.25. The molecule has 1 heterocycles. The summed E-state index contributed by atoms with van der Waals surface area (Å²) in [6.07, 6.45) is 2.09. The molecule has 14 heavy (non-hydrogen) atoms. The number of hydrogen-bond acceptors (Lipinski definition) is 1. The highest BCUT2D eigenvalue weighted by Gasteiger charge is 2.08. The Morgan fingerprint density at radius 3 is 2.86 bits per heavy atom. The fourth-order valence-corrected chi connectivity index (χ4v) is 1.88. The van der Waals surface area contributed by atoms with Crippen molar-refractivity contribution < 1.29 is 0 Å². The van der Waals surface area contributed by atoms with Crippen molar-refractivity contribution in [2.45, 2.75) is 12.8 Å². The number of aryl methyl sites for hydroxylation is 1. The van der Waals surface area contributed by atoms with Crippen molar-refractivity contribution in [3.63, 3.8) is 0 Å². The SMILES string of the molecule is CC(CN)c1cccc2c1ccn2C. The molecule has 0 bridgehead atoms. The van der Waals surface area contributed by atoms with Crippen molar-refractivity contribution in [3.8, 4) is 0 Å². The second-order valence-electron chi connectivity index (χ2n) is 3.84. The number of aromatic nitrogens is 1. The molecule has 0 saturated carbocycles. The zero-order valence-corrected chi connectivity index (χ0v) is 8.70. The van der Waals surface area contributed by atoms with E-state index in [4.69, 9.17) is 5.73 Å². The second-order valence-corrected chi connectivity index (χ2v) is 3.84. The normalized spacial score (nSPS) is 13.4. The average molecular weight is 188 g/mol. The Bertz CT molecular complexity index is 443. The third-order valence-corrected chi connectivity index (χ3v) is 2.85. The van der Waals surface area contributed by atoms with Gasteiger partial charge in [0.25, 0.3) is 0 Å². The number of hydrogen-bond donors (Lipinski definition) is 1. The van der Waals surface area contributed by atoms with Gasteiger partial charge in [-0.1, -0.05) is 19.1 Å². The Morgan fingerprint density at radius 1 is 1.36 bits per heavy atom. The smallest absolute Gasteiger partial charge is 0.0480 e. The lowest BCUT2D eigenvalue weighted by Crippen LogP contribution is -2.08. The van der Waals surface area contributed by atoms with E-state index in [1.54, 1.807) is 0 Å². The summed E-state index contributed by atoms with van der Waals surface area (Å²) in [7, 11) is 2.07. The molecule has 0 spiro atoms. The molecule has 1 aromatic heterocycles. The molecular formula is C12H16N2. The Labute approximate surface area is 84.3 Å². The third kappa shape index (κ3) is 1.32. The molecule has 74 valence electrons. The highest BCUT2D eigenvalue weighted by atomic mass is 14.9. The molecular weight excluding hydrogens is 172 g/mol. The van der Waals surface area contributed by atoms with Gasteiger partial charge in [-0.3, -0.25) is 0 Å². The largest absolute Gasteiger partial charge is 0.351 e. The van der Waals surface area contributed by atoms with Gasteiger partial charge < -0.3 is 10.3 Å². The van der Waals surface area contributed by atoms with Gasteiger partial charge in [0.1, 0.15) is 0 Å². The van der Waals surface area contributed by atoms with E-state index in [1.807, 2.05) is 0 Å². The molecule has 0 aliphatic rings. The van der Waals surface area contributed by atoms with E-state index in [9.17, 15) is 0 Å². The zero-order chi connectivity index (χ0) is 10.1. The lowest BCUT2D eigenvalue weighted by Gasteiger charge is -2.10. The minimum Gasteiger partial charge on any atom is -0.351 e. The van der Waals surface area contributed by atoms with Crippen LogP contribution in [0.2, 0.25) is 0 Å². The molecule has 0 aliphatic carbocycles. The quantitative estimate of drug-likeness (QED) is 0.770. The van der Waals surface area contributed by atoms with Gasteiger partial charge in [0, 0.05) is 24.1 Å². The van der Waals surface area contributed by atoms with Crippen LogP contribution < -0.4 is 5.73 Å². The number of fused-ring (bicyclic) bond motifs is 1. The summed E-state index contributed by atoms with van der Waals surface area (Å²) >= 11 is 0. The predicted molar refractivity (Wildman–Crippen MR) is 60.4 cm³/mol. The summed E-state index contributed by atoms with van der Waals surface area (Å²) < 4.78 is 2.14. The minimum atomic E-state index is 0.432. The molecule has 2 rings (SSSR count). The van der Waals surface area contributed by atoms with Gasteiger partial charge in [-0.2, -0.15) is 0 Å². The van der Waals surface area contributed by atoms with Gasteiger partial charge in [0.2, 0.25) is 0 Å². The Hall–Kier alpha value is -1.28. The van der Waals surface area contributed by atoms with E-state index < -0.39 is 0 Å². The van der Waals surface area contributed by atoms with Crippen LogP contribution in [-0.4, -0.2) is 11.1 Å². The predicted octanol–water partition coefficient (Wildman–Crippen LogP) is 2.24. The van der Waals surface area contributed by atoms with Crippen molar-refractivity contribution in [3.05, 3.63) is 36.0 Å². The van der Waals surface area contributed by atoms with Crippen molar-refractivity contribution in [1.29, 1.82) is 0 Å². The fraction of sp³-hybridized carbons (Fsp3) is 0.333. The summed E-state index contributed by atoms with van der Waals surface area (Å²) in [4.78, 5) is 0. The molecule has 1 atom stereocenters. The van der Waals surface area contributed by atoms with Crippen LogP contribution in [0.1, 0.15) is 18.4 Å². The number of nitrogens with two attached hydrogens (primary N) is 1. The fourth-order valence-electron chi connectivity index (χ4n) is 1.88. The number of nitrogens with zero attached hydrogens (tertiary/aromatic N) is 1. The van der Waals surface area contributed by atoms with Gasteiger partial charge in [-0.05, 0) is 30.2 Å². The molecule has 0 radical (unpaired) electrons. The van der Waals surface area contributed by atoms with Crippen molar-refractivity contribution in [2.24, 2.45) is 12.8 Å². The van der Waals surface area contributed by atoms with Crippen LogP contribution in [0.3, 0.4) is 0 Å². The molecule has 1 aromatic carbocycles. The van der Waals surface area contributed by atoms with Crippen molar-refractivity contribution in [1.82, 2.24) is 4.57 Å². The van der Waals surface area contributed by atoms with Gasteiger partial charge >= 0.3 is 0 Å². The van der Waals surface area contributed by atoms with Crippen LogP contribution in [-0.2, 0) is 7.05 Å². The van der Waals surface area contributed by atoms with Gasteiger partial charge in [0.15, 0.2) is 0 Å². The van der Waals surface area contributed by atoms with Crippen LogP contribution in [0.5, 0.6) is 0 Å². The lowest BCUT2D eigenvalue weighted by atomic mass is 9.98. The number of benzene rings is 1. The zero-order valence-electron chi connectivity index (χ0n) is 8.70. The highest BCUT2D eigenvalue weighted by molar-refractivity contribution is 5.84. The first-order valence-corrected chi connectivity index (χ1v) is 4.98. The molecule has 0 aliphatic heterocycles. The van der Waals surface area contributed by atoms with E-state index in [1.165, 1.54) is 16.5 Å².